The molecule has 1 aromatic rings. The standard InChI is InChI=1S/C16H26N4O2/c1-4-16(2,3)15(21)19-14-9-12(13(17)10-18-14)11-20-5-7-22-8-6-20/h9-10H,4-8,11,17H2,1-3H3,(H,18,19,21). The minimum absolute atomic E-state index is 0.0235. The van der Waals surface area contributed by atoms with Crippen molar-refractivity contribution in [1.29, 1.82) is 0 Å². The molecule has 0 bridgehead atoms. The van der Waals surface area contributed by atoms with Crippen molar-refractivity contribution in [3.05, 3.63) is 17.8 Å². The topological polar surface area (TPSA) is 80.5 Å². The maximum absolute atomic E-state index is 12.2. The molecule has 1 aromatic heterocycles. The van der Waals surface area contributed by atoms with Crippen molar-refractivity contribution < 1.29 is 9.53 Å². The van der Waals surface area contributed by atoms with Crippen LogP contribution in [0.15, 0.2) is 12.3 Å². The zero-order valence-electron chi connectivity index (χ0n) is 13.7. The van der Waals surface area contributed by atoms with Crippen LogP contribution in [0.5, 0.6) is 0 Å². The Balaban J connectivity index is 2.07. The average molecular weight is 306 g/mol. The highest BCUT2D eigenvalue weighted by molar-refractivity contribution is 5.94. The second kappa shape index (κ2) is 7.07. The average Bonchev–Trinajstić information content (AvgIpc) is 2.51. The van der Waals surface area contributed by atoms with Crippen LogP contribution in [0.3, 0.4) is 0 Å². The molecule has 1 aliphatic heterocycles. The summed E-state index contributed by atoms with van der Waals surface area (Å²) in [5.74, 6) is 0.536. The van der Waals surface area contributed by atoms with Gasteiger partial charge in [-0.05, 0) is 18.1 Å². The summed E-state index contributed by atoms with van der Waals surface area (Å²) in [6, 6.07) is 1.87. The van der Waals surface area contributed by atoms with Crippen LogP contribution in [0.1, 0.15) is 32.8 Å². The third-order valence-corrected chi connectivity index (χ3v) is 4.26. The van der Waals surface area contributed by atoms with Crippen LogP contribution in [-0.2, 0) is 16.1 Å². The van der Waals surface area contributed by atoms with E-state index >= 15 is 0 Å². The fourth-order valence-corrected chi connectivity index (χ4v) is 2.16. The number of rotatable bonds is 5. The van der Waals surface area contributed by atoms with Crippen molar-refractivity contribution in [2.75, 3.05) is 37.4 Å². The van der Waals surface area contributed by atoms with Gasteiger partial charge in [-0.3, -0.25) is 9.69 Å². The Hall–Kier alpha value is -1.66. The van der Waals surface area contributed by atoms with Crippen molar-refractivity contribution in [3.8, 4) is 0 Å². The number of carbonyl (C=O) groups is 1. The van der Waals surface area contributed by atoms with Gasteiger partial charge in [-0.1, -0.05) is 20.8 Å². The largest absolute Gasteiger partial charge is 0.397 e. The third kappa shape index (κ3) is 4.18. The molecule has 22 heavy (non-hydrogen) atoms. The highest BCUT2D eigenvalue weighted by atomic mass is 16.5. The molecule has 0 aliphatic carbocycles. The zero-order valence-corrected chi connectivity index (χ0v) is 13.7. The van der Waals surface area contributed by atoms with Crippen LogP contribution in [0.2, 0.25) is 0 Å². The number of aromatic nitrogens is 1. The summed E-state index contributed by atoms with van der Waals surface area (Å²) in [5.41, 5.74) is 7.25. The number of nitrogens with one attached hydrogen (secondary N) is 1. The molecule has 1 aliphatic rings. The number of morpholine rings is 1. The number of pyridine rings is 1. The second-order valence-corrected chi connectivity index (χ2v) is 6.35. The van der Waals surface area contributed by atoms with Gasteiger partial charge < -0.3 is 15.8 Å². The number of nitrogen functional groups attached to an aromatic ring is 1. The van der Waals surface area contributed by atoms with Crippen LogP contribution in [0.4, 0.5) is 11.5 Å². The molecular weight excluding hydrogens is 280 g/mol. The van der Waals surface area contributed by atoms with Crippen LogP contribution < -0.4 is 11.1 Å². The van der Waals surface area contributed by atoms with E-state index in [1.54, 1.807) is 6.20 Å². The monoisotopic (exact) mass is 306 g/mol. The lowest BCUT2D eigenvalue weighted by atomic mass is 9.89. The third-order valence-electron chi connectivity index (χ3n) is 4.26. The first-order valence-corrected chi connectivity index (χ1v) is 7.78. The van der Waals surface area contributed by atoms with E-state index in [0.717, 1.165) is 44.8 Å². The van der Waals surface area contributed by atoms with E-state index in [2.05, 4.69) is 15.2 Å². The van der Waals surface area contributed by atoms with Gasteiger partial charge in [0.2, 0.25) is 5.91 Å². The number of amides is 1. The van der Waals surface area contributed by atoms with E-state index in [1.807, 2.05) is 26.8 Å². The number of nitrogens with zero attached hydrogens (tertiary/aromatic N) is 2. The molecular formula is C16H26N4O2. The molecule has 0 aromatic carbocycles. The second-order valence-electron chi connectivity index (χ2n) is 6.35. The summed E-state index contributed by atoms with van der Waals surface area (Å²) >= 11 is 0. The smallest absolute Gasteiger partial charge is 0.231 e. The maximum atomic E-state index is 12.2. The van der Waals surface area contributed by atoms with Gasteiger partial charge in [0.1, 0.15) is 5.82 Å². The van der Waals surface area contributed by atoms with Crippen molar-refractivity contribution in [3.63, 3.8) is 0 Å². The Kier molecular flexibility index (Phi) is 5.37. The Bertz CT molecular complexity index is 525. The molecule has 1 fully saturated rings. The minimum Gasteiger partial charge on any atom is -0.397 e. The lowest BCUT2D eigenvalue weighted by molar-refractivity contribution is -0.124. The van der Waals surface area contributed by atoms with Gasteiger partial charge in [0.05, 0.1) is 25.1 Å². The number of hydrogen-bond acceptors (Lipinski definition) is 5. The summed E-state index contributed by atoms with van der Waals surface area (Å²) < 4.78 is 5.35. The maximum Gasteiger partial charge on any atom is 0.231 e. The Morgan fingerprint density at radius 1 is 1.45 bits per heavy atom. The molecule has 0 spiro atoms. The van der Waals surface area contributed by atoms with Gasteiger partial charge in [-0.15, -0.1) is 0 Å². The van der Waals surface area contributed by atoms with E-state index in [0.29, 0.717) is 11.5 Å². The van der Waals surface area contributed by atoms with Gasteiger partial charge in [-0.25, -0.2) is 4.98 Å². The lowest BCUT2D eigenvalue weighted by Gasteiger charge is -2.27. The first kappa shape index (κ1) is 16.7. The van der Waals surface area contributed by atoms with E-state index in [1.165, 1.54) is 0 Å². The highest BCUT2D eigenvalue weighted by Crippen LogP contribution is 2.23. The van der Waals surface area contributed by atoms with E-state index in [9.17, 15) is 4.79 Å². The predicted octanol–water partition coefficient (Wildman–Crippen LogP) is 1.87. The van der Waals surface area contributed by atoms with E-state index < -0.39 is 5.41 Å². The Morgan fingerprint density at radius 3 is 2.77 bits per heavy atom. The van der Waals surface area contributed by atoms with Gasteiger partial charge in [0, 0.05) is 25.0 Å². The molecule has 3 N–H and O–H groups in total. The predicted molar refractivity (Wildman–Crippen MR) is 87.4 cm³/mol. The number of ether oxygens (including phenoxy) is 1. The fourth-order valence-electron chi connectivity index (χ4n) is 2.16. The molecule has 6 nitrogen and oxygen atoms in total. The first-order chi connectivity index (χ1) is 10.4. The van der Waals surface area contributed by atoms with E-state index in [-0.39, 0.29) is 5.91 Å². The quantitative estimate of drug-likeness (QED) is 0.868. The summed E-state index contributed by atoms with van der Waals surface area (Å²) in [4.78, 5) is 18.8. The Labute approximate surface area is 132 Å². The van der Waals surface area contributed by atoms with Crippen molar-refractivity contribution in [1.82, 2.24) is 9.88 Å². The molecule has 2 rings (SSSR count). The number of carbonyl (C=O) groups excluding carboxylic acids is 1. The summed E-state index contributed by atoms with van der Waals surface area (Å²) in [5, 5.41) is 2.89. The molecule has 0 radical (unpaired) electrons. The first-order valence-electron chi connectivity index (χ1n) is 7.78. The van der Waals surface area contributed by atoms with Crippen molar-refractivity contribution in [2.45, 2.75) is 33.7 Å². The molecule has 0 saturated carbocycles. The normalized spacial score (nSPS) is 16.5. The van der Waals surface area contributed by atoms with Crippen molar-refractivity contribution >= 4 is 17.4 Å². The molecule has 2 heterocycles. The molecule has 0 unspecified atom stereocenters. The number of anilines is 2. The Morgan fingerprint density at radius 2 is 2.14 bits per heavy atom. The molecule has 1 amide bonds. The van der Waals surface area contributed by atoms with Crippen LogP contribution in [0.25, 0.3) is 0 Å². The summed E-state index contributed by atoms with van der Waals surface area (Å²) in [6.07, 6.45) is 2.39. The van der Waals surface area contributed by atoms with Gasteiger partial charge in [0.25, 0.3) is 0 Å². The molecule has 6 heteroatoms. The number of nitrogens with two attached hydrogens (primary N) is 1. The number of hydrogen-bond donors (Lipinski definition) is 2. The van der Waals surface area contributed by atoms with Crippen LogP contribution in [-0.4, -0.2) is 42.1 Å². The van der Waals surface area contributed by atoms with Crippen molar-refractivity contribution in [2.24, 2.45) is 5.41 Å². The molecule has 1 saturated heterocycles. The lowest BCUT2D eigenvalue weighted by Crippen LogP contribution is -2.36. The van der Waals surface area contributed by atoms with E-state index in [4.69, 9.17) is 10.5 Å². The molecule has 0 atom stereocenters. The van der Waals surface area contributed by atoms with Crippen LogP contribution >= 0.6 is 0 Å². The fraction of sp³-hybridized carbons (Fsp3) is 0.625. The van der Waals surface area contributed by atoms with Gasteiger partial charge in [0.15, 0.2) is 0 Å². The van der Waals surface area contributed by atoms with Gasteiger partial charge in [-0.2, -0.15) is 0 Å². The summed E-state index contributed by atoms with van der Waals surface area (Å²) in [7, 11) is 0. The van der Waals surface area contributed by atoms with Gasteiger partial charge >= 0.3 is 0 Å². The SMILES string of the molecule is CCC(C)(C)C(=O)Nc1cc(CN2CCOCC2)c(N)cn1. The van der Waals surface area contributed by atoms with Crippen LogP contribution in [0, 0.1) is 5.41 Å². The highest BCUT2D eigenvalue weighted by Gasteiger charge is 2.25. The molecule has 122 valence electrons. The zero-order chi connectivity index (χ0) is 16.2. The minimum atomic E-state index is -0.409. The summed E-state index contributed by atoms with van der Waals surface area (Å²) in [6.45, 7) is 9.89.